The number of hydrogen-bond acceptors (Lipinski definition) is 1. The van der Waals surface area contributed by atoms with E-state index in [0.717, 1.165) is 11.1 Å². The first-order chi connectivity index (χ1) is 9.68. The van der Waals surface area contributed by atoms with Gasteiger partial charge in [-0.05, 0) is 24.3 Å². The lowest BCUT2D eigenvalue weighted by Crippen LogP contribution is -1.95. The van der Waals surface area contributed by atoms with E-state index in [1.165, 1.54) is 0 Å². The molecule has 0 saturated carbocycles. The molecule has 0 saturated heterocycles. The maximum absolute atomic E-state index is 12.7. The van der Waals surface area contributed by atoms with E-state index >= 15 is 0 Å². The molecule has 0 radical (unpaired) electrons. The van der Waals surface area contributed by atoms with Crippen molar-refractivity contribution in [3.8, 4) is 0 Å². The molecule has 2 aromatic rings. The highest BCUT2D eigenvalue weighted by Gasteiger charge is 2.23. The van der Waals surface area contributed by atoms with Crippen LogP contribution in [0.15, 0.2) is 60.7 Å². The van der Waals surface area contributed by atoms with Gasteiger partial charge in [-0.15, -0.1) is 0 Å². The summed E-state index contributed by atoms with van der Waals surface area (Å²) in [6.45, 7) is 0. The summed E-state index contributed by atoms with van der Waals surface area (Å²) in [7, 11) is -1.27. The minimum absolute atomic E-state index is 0.598. The second-order valence-electron chi connectivity index (χ2n) is 4.29. The molecule has 1 aliphatic heterocycles. The lowest BCUT2D eigenvalue weighted by atomic mass is 10.2. The molecule has 0 N–H and O–H groups in total. The summed E-state index contributed by atoms with van der Waals surface area (Å²) in [5.74, 6) is 0. The molecular formula is C16H10Cl2OS. The highest BCUT2D eigenvalue weighted by Crippen LogP contribution is 2.38. The van der Waals surface area contributed by atoms with Crippen molar-refractivity contribution in [1.29, 1.82) is 0 Å². The number of halogens is 2. The van der Waals surface area contributed by atoms with E-state index in [4.69, 9.17) is 23.2 Å². The minimum Gasteiger partial charge on any atom is -0.249 e. The average Bonchev–Trinajstić information content (AvgIpc) is 2.82. The minimum atomic E-state index is -1.27. The van der Waals surface area contributed by atoms with Crippen LogP contribution in [0.5, 0.6) is 0 Å². The van der Waals surface area contributed by atoms with Gasteiger partial charge in [0.15, 0.2) is 0 Å². The van der Waals surface area contributed by atoms with Crippen molar-refractivity contribution in [2.45, 2.75) is 0 Å². The molecule has 1 heterocycles. The fourth-order valence-electron chi connectivity index (χ4n) is 2.09. The highest BCUT2D eigenvalue weighted by molar-refractivity contribution is 8.03. The molecule has 3 rings (SSSR count). The topological polar surface area (TPSA) is 17.1 Å². The molecule has 0 amide bonds. The van der Waals surface area contributed by atoms with E-state index in [0.29, 0.717) is 19.9 Å². The molecule has 0 spiro atoms. The SMILES string of the molecule is O=S1C(c2ccccc2Cl)=CC=C1c1ccccc1Cl. The molecular weight excluding hydrogens is 311 g/mol. The molecule has 1 aliphatic rings. The zero-order valence-electron chi connectivity index (χ0n) is 10.3. The quantitative estimate of drug-likeness (QED) is 0.749. The van der Waals surface area contributed by atoms with Gasteiger partial charge in [0.05, 0.1) is 20.6 Å². The maximum Gasteiger partial charge on any atom is 0.0862 e. The van der Waals surface area contributed by atoms with Crippen molar-refractivity contribution >= 4 is 43.8 Å². The Bertz CT molecular complexity index is 699. The van der Waals surface area contributed by atoms with Gasteiger partial charge in [-0.3, -0.25) is 0 Å². The van der Waals surface area contributed by atoms with Crippen LogP contribution in [0.2, 0.25) is 10.0 Å². The van der Waals surface area contributed by atoms with Crippen molar-refractivity contribution in [2.75, 3.05) is 0 Å². The molecule has 4 heteroatoms. The Kier molecular flexibility index (Phi) is 3.79. The Labute approximate surface area is 130 Å². The van der Waals surface area contributed by atoms with Crippen LogP contribution < -0.4 is 0 Å². The summed E-state index contributed by atoms with van der Waals surface area (Å²) in [6, 6.07) is 14.8. The Balaban J connectivity index is 1.99. The molecule has 20 heavy (non-hydrogen) atoms. The van der Waals surface area contributed by atoms with Crippen molar-refractivity contribution in [2.24, 2.45) is 0 Å². The van der Waals surface area contributed by atoms with Gasteiger partial charge in [0, 0.05) is 21.2 Å². The Morgan fingerprint density at radius 1 is 0.700 bits per heavy atom. The number of rotatable bonds is 2. The fraction of sp³-hybridized carbons (Fsp3) is 0. The predicted octanol–water partition coefficient (Wildman–Crippen LogP) is 5.14. The number of hydrogen-bond donors (Lipinski definition) is 0. The second kappa shape index (κ2) is 5.57. The third-order valence-electron chi connectivity index (χ3n) is 3.06. The normalized spacial score (nSPS) is 15.1. The summed E-state index contributed by atoms with van der Waals surface area (Å²) in [5, 5.41) is 1.20. The lowest BCUT2D eigenvalue weighted by molar-refractivity contribution is 0.694. The smallest absolute Gasteiger partial charge is 0.0862 e. The molecule has 0 atom stereocenters. The second-order valence-corrected chi connectivity index (χ2v) is 6.52. The van der Waals surface area contributed by atoms with Gasteiger partial charge >= 0.3 is 0 Å². The Morgan fingerprint density at radius 3 is 1.50 bits per heavy atom. The van der Waals surface area contributed by atoms with Crippen LogP contribution in [0, 0.1) is 0 Å². The fourth-order valence-corrected chi connectivity index (χ4v) is 4.06. The first kappa shape index (κ1) is 13.6. The van der Waals surface area contributed by atoms with E-state index in [1.807, 2.05) is 48.6 Å². The molecule has 0 aromatic heterocycles. The van der Waals surface area contributed by atoms with Crippen LogP contribution >= 0.6 is 23.2 Å². The van der Waals surface area contributed by atoms with Crippen molar-refractivity contribution < 1.29 is 4.21 Å². The Hall–Kier alpha value is -1.35. The predicted molar refractivity (Wildman–Crippen MR) is 87.0 cm³/mol. The molecule has 0 aliphatic carbocycles. The summed E-state index contributed by atoms with van der Waals surface area (Å²) in [5.41, 5.74) is 1.59. The van der Waals surface area contributed by atoms with Gasteiger partial charge in [-0.1, -0.05) is 59.6 Å². The van der Waals surface area contributed by atoms with Gasteiger partial charge in [-0.25, -0.2) is 4.21 Å². The summed E-state index contributed by atoms with van der Waals surface area (Å²) < 4.78 is 12.7. The molecule has 0 unspecified atom stereocenters. The van der Waals surface area contributed by atoms with E-state index in [2.05, 4.69) is 0 Å². The molecule has 0 fully saturated rings. The van der Waals surface area contributed by atoms with E-state index < -0.39 is 10.8 Å². The van der Waals surface area contributed by atoms with Crippen LogP contribution in [0.1, 0.15) is 11.1 Å². The maximum atomic E-state index is 12.7. The van der Waals surface area contributed by atoms with Crippen LogP contribution in [0.25, 0.3) is 9.81 Å². The molecule has 100 valence electrons. The van der Waals surface area contributed by atoms with Crippen molar-refractivity contribution in [3.63, 3.8) is 0 Å². The summed E-state index contributed by atoms with van der Waals surface area (Å²) >= 11 is 12.3. The van der Waals surface area contributed by atoms with Gasteiger partial charge in [0.25, 0.3) is 0 Å². The summed E-state index contributed by atoms with van der Waals surface area (Å²) in [6.07, 6.45) is 3.69. The van der Waals surface area contributed by atoms with Gasteiger partial charge in [0.2, 0.25) is 0 Å². The number of benzene rings is 2. The number of allylic oxidation sites excluding steroid dienone is 2. The van der Waals surface area contributed by atoms with E-state index in [9.17, 15) is 4.21 Å². The average molecular weight is 321 g/mol. The van der Waals surface area contributed by atoms with Gasteiger partial charge < -0.3 is 0 Å². The first-order valence-corrected chi connectivity index (χ1v) is 7.92. The standard InChI is InChI=1S/C16H10Cl2OS/c17-13-7-3-1-5-11(13)15-9-10-16(20(15)19)12-6-2-4-8-14(12)18/h1-10H. The van der Waals surface area contributed by atoms with Gasteiger partial charge in [-0.2, -0.15) is 0 Å². The van der Waals surface area contributed by atoms with E-state index in [1.54, 1.807) is 12.1 Å². The largest absolute Gasteiger partial charge is 0.249 e. The highest BCUT2D eigenvalue weighted by atomic mass is 35.5. The Morgan fingerprint density at radius 2 is 1.10 bits per heavy atom. The molecule has 1 nitrogen and oxygen atoms in total. The third kappa shape index (κ3) is 2.35. The third-order valence-corrected chi connectivity index (χ3v) is 5.23. The van der Waals surface area contributed by atoms with Crippen molar-refractivity contribution in [3.05, 3.63) is 81.9 Å². The van der Waals surface area contributed by atoms with E-state index in [-0.39, 0.29) is 0 Å². The lowest BCUT2D eigenvalue weighted by Gasteiger charge is -2.08. The van der Waals surface area contributed by atoms with Gasteiger partial charge in [0.1, 0.15) is 0 Å². The molecule has 0 bridgehead atoms. The van der Waals surface area contributed by atoms with Crippen LogP contribution in [-0.4, -0.2) is 4.21 Å². The first-order valence-electron chi connectivity index (χ1n) is 6.02. The van der Waals surface area contributed by atoms with Crippen LogP contribution in [-0.2, 0) is 10.8 Å². The van der Waals surface area contributed by atoms with Crippen LogP contribution in [0.4, 0.5) is 0 Å². The monoisotopic (exact) mass is 320 g/mol. The zero-order chi connectivity index (χ0) is 14.1. The van der Waals surface area contributed by atoms with Crippen LogP contribution in [0.3, 0.4) is 0 Å². The zero-order valence-corrected chi connectivity index (χ0v) is 12.7. The summed E-state index contributed by atoms with van der Waals surface area (Å²) in [4.78, 5) is 1.43. The molecule has 2 aromatic carbocycles. The van der Waals surface area contributed by atoms with Crippen molar-refractivity contribution in [1.82, 2.24) is 0 Å².